The summed E-state index contributed by atoms with van der Waals surface area (Å²) in [5.74, 6) is -3.51. The lowest BCUT2D eigenvalue weighted by atomic mass is 10.0. The summed E-state index contributed by atoms with van der Waals surface area (Å²) in [4.78, 5) is 26.8. The Morgan fingerprint density at radius 1 is 0.857 bits per heavy atom. The summed E-state index contributed by atoms with van der Waals surface area (Å²) >= 11 is 0. The van der Waals surface area contributed by atoms with Crippen LogP contribution in [0.1, 0.15) is 41.5 Å². The molecule has 0 aromatic heterocycles. The summed E-state index contributed by atoms with van der Waals surface area (Å²) < 4.78 is 59.9. The molecule has 0 saturated heterocycles. The van der Waals surface area contributed by atoms with Gasteiger partial charge in [0.15, 0.2) is 11.6 Å². The van der Waals surface area contributed by atoms with Gasteiger partial charge in [-0.3, -0.25) is 9.59 Å². The second kappa shape index (κ2) is 10.0. The smallest absolute Gasteiger partial charge is 0.311 e. The summed E-state index contributed by atoms with van der Waals surface area (Å²) in [5, 5.41) is 0. The number of hydrogen-bond acceptors (Lipinski definition) is 3. The van der Waals surface area contributed by atoms with E-state index in [-0.39, 0.29) is 25.3 Å². The predicted octanol–water partition coefficient (Wildman–Crippen LogP) is 5.57. The maximum atomic E-state index is 14.0. The molecule has 8 heteroatoms. The average Bonchev–Trinajstić information content (AvgIpc) is 2.85. The van der Waals surface area contributed by atoms with Crippen molar-refractivity contribution < 1.29 is 31.9 Å². The largest absolute Gasteiger partial charge is 0.420 e. The summed E-state index contributed by atoms with van der Waals surface area (Å²) in [6, 6.07) is 14.6. The van der Waals surface area contributed by atoms with Gasteiger partial charge in [0.1, 0.15) is 0 Å². The quantitative estimate of drug-likeness (QED) is 0.157. The number of carbonyl (C=O) groups excluding carboxylic acids is 2. The maximum Gasteiger partial charge on any atom is 0.311 e. The molecule has 4 nitrogen and oxygen atoms in total. The third-order valence-electron chi connectivity index (χ3n) is 5.60. The van der Waals surface area contributed by atoms with Crippen LogP contribution in [0.25, 0.3) is 0 Å². The molecule has 0 spiro atoms. The predicted molar refractivity (Wildman–Crippen MR) is 121 cm³/mol. The second-order valence-electron chi connectivity index (χ2n) is 7.94. The van der Waals surface area contributed by atoms with E-state index in [0.29, 0.717) is 11.3 Å². The third-order valence-corrected chi connectivity index (χ3v) is 5.60. The highest BCUT2D eigenvalue weighted by atomic mass is 19.2. The van der Waals surface area contributed by atoms with E-state index in [0.717, 1.165) is 18.1 Å². The number of nitrogens with zero attached hydrogens (tertiary/aromatic N) is 1. The molecule has 0 unspecified atom stereocenters. The van der Waals surface area contributed by atoms with Crippen LogP contribution in [-0.2, 0) is 16.1 Å². The standard InChI is InChI=1S/C27H19F4NO3/c1-16-23(28)25(30)27(26(31)24(16)29)35-22(34)12-6-11-21(33)32-15-19-9-3-2-7-17(19)13-14-18-8-4-5-10-20(18)32/h2-5,7-10H,6,11-12,15H2,1H3. The number of para-hydroxylation sites is 1. The van der Waals surface area contributed by atoms with Crippen molar-refractivity contribution >= 4 is 17.6 Å². The molecule has 1 heterocycles. The Hall–Kier alpha value is -4.12. The molecule has 4 rings (SSSR count). The van der Waals surface area contributed by atoms with E-state index in [1.54, 1.807) is 23.1 Å². The Morgan fingerprint density at radius 2 is 1.46 bits per heavy atom. The van der Waals surface area contributed by atoms with Gasteiger partial charge >= 0.3 is 5.97 Å². The highest BCUT2D eigenvalue weighted by molar-refractivity contribution is 5.95. The van der Waals surface area contributed by atoms with Crippen molar-refractivity contribution in [3.05, 3.63) is 94.1 Å². The number of ether oxygens (including phenoxy) is 1. The topological polar surface area (TPSA) is 46.6 Å². The number of amides is 1. The second-order valence-corrected chi connectivity index (χ2v) is 7.94. The summed E-state index contributed by atoms with van der Waals surface area (Å²) in [7, 11) is 0. The zero-order valence-electron chi connectivity index (χ0n) is 18.6. The fourth-order valence-corrected chi connectivity index (χ4v) is 3.70. The minimum absolute atomic E-state index is 0.0102. The van der Waals surface area contributed by atoms with E-state index in [2.05, 4.69) is 16.6 Å². The molecule has 3 aromatic rings. The van der Waals surface area contributed by atoms with Crippen molar-refractivity contribution in [2.45, 2.75) is 32.7 Å². The Labute approximate surface area is 199 Å². The Bertz CT molecular complexity index is 1360. The van der Waals surface area contributed by atoms with Gasteiger partial charge in [0.05, 0.1) is 12.2 Å². The van der Waals surface area contributed by atoms with Crippen LogP contribution in [0.2, 0.25) is 0 Å². The number of rotatable bonds is 5. The van der Waals surface area contributed by atoms with Crippen LogP contribution < -0.4 is 9.64 Å². The van der Waals surface area contributed by atoms with Gasteiger partial charge in [0.2, 0.25) is 23.3 Å². The highest BCUT2D eigenvalue weighted by Crippen LogP contribution is 2.30. The van der Waals surface area contributed by atoms with Gasteiger partial charge in [-0.1, -0.05) is 42.2 Å². The first kappa shape index (κ1) is 24.0. The molecule has 178 valence electrons. The summed E-state index contributed by atoms with van der Waals surface area (Å²) in [6.45, 7) is 1.13. The molecular formula is C27H19F4NO3. The van der Waals surface area contributed by atoms with Crippen molar-refractivity contribution in [2.24, 2.45) is 0 Å². The normalized spacial score (nSPS) is 12.0. The van der Waals surface area contributed by atoms with Crippen LogP contribution >= 0.6 is 0 Å². The van der Waals surface area contributed by atoms with Crippen molar-refractivity contribution in [1.82, 2.24) is 0 Å². The fraction of sp³-hybridized carbons (Fsp3) is 0.185. The first-order valence-electron chi connectivity index (χ1n) is 10.8. The number of carbonyl (C=O) groups is 2. The highest BCUT2D eigenvalue weighted by Gasteiger charge is 2.26. The third kappa shape index (κ3) is 4.90. The monoisotopic (exact) mass is 481 g/mol. The zero-order valence-corrected chi connectivity index (χ0v) is 18.6. The van der Waals surface area contributed by atoms with Crippen LogP contribution in [0.5, 0.6) is 5.75 Å². The molecule has 0 fully saturated rings. The van der Waals surface area contributed by atoms with Crippen molar-refractivity contribution in [3.63, 3.8) is 0 Å². The van der Waals surface area contributed by atoms with Crippen LogP contribution in [-0.4, -0.2) is 11.9 Å². The van der Waals surface area contributed by atoms with Gasteiger partial charge in [-0.2, -0.15) is 8.78 Å². The van der Waals surface area contributed by atoms with Crippen LogP contribution in [0.15, 0.2) is 48.5 Å². The fourth-order valence-electron chi connectivity index (χ4n) is 3.70. The average molecular weight is 481 g/mol. The summed E-state index contributed by atoms with van der Waals surface area (Å²) in [5.41, 5.74) is 2.09. The first-order valence-corrected chi connectivity index (χ1v) is 10.8. The number of hydrogen-bond donors (Lipinski definition) is 0. The molecular weight excluding hydrogens is 462 g/mol. The molecule has 0 radical (unpaired) electrons. The van der Waals surface area contributed by atoms with Crippen LogP contribution in [0, 0.1) is 42.0 Å². The number of anilines is 1. The van der Waals surface area contributed by atoms with E-state index in [1.165, 1.54) is 0 Å². The Kier molecular flexibility index (Phi) is 6.87. The maximum absolute atomic E-state index is 14.0. The van der Waals surface area contributed by atoms with Gasteiger partial charge < -0.3 is 9.64 Å². The molecule has 1 amide bonds. The molecule has 0 N–H and O–H groups in total. The van der Waals surface area contributed by atoms with Crippen LogP contribution in [0.3, 0.4) is 0 Å². The van der Waals surface area contributed by atoms with E-state index in [1.807, 2.05) is 30.3 Å². The minimum atomic E-state index is -1.79. The van der Waals surface area contributed by atoms with Crippen LogP contribution in [0.4, 0.5) is 23.2 Å². The van der Waals surface area contributed by atoms with Crippen molar-refractivity contribution in [1.29, 1.82) is 0 Å². The molecule has 0 bridgehead atoms. The number of halogens is 4. The molecule has 0 atom stereocenters. The van der Waals surface area contributed by atoms with Crippen molar-refractivity contribution in [3.8, 4) is 17.6 Å². The lowest BCUT2D eigenvalue weighted by Crippen LogP contribution is -2.31. The van der Waals surface area contributed by atoms with Gasteiger partial charge in [-0.25, -0.2) is 8.78 Å². The van der Waals surface area contributed by atoms with E-state index >= 15 is 0 Å². The van der Waals surface area contributed by atoms with Gasteiger partial charge in [0.25, 0.3) is 0 Å². The first-order chi connectivity index (χ1) is 16.8. The molecule has 3 aromatic carbocycles. The number of esters is 1. The Morgan fingerprint density at radius 3 is 2.17 bits per heavy atom. The minimum Gasteiger partial charge on any atom is -0.420 e. The van der Waals surface area contributed by atoms with Gasteiger partial charge in [0, 0.05) is 29.5 Å². The van der Waals surface area contributed by atoms with Gasteiger partial charge in [-0.15, -0.1) is 0 Å². The lowest BCUT2D eigenvalue weighted by molar-refractivity contribution is -0.135. The van der Waals surface area contributed by atoms with E-state index in [9.17, 15) is 27.2 Å². The molecule has 0 saturated carbocycles. The van der Waals surface area contributed by atoms with Gasteiger partial charge in [-0.05, 0) is 37.1 Å². The summed E-state index contributed by atoms with van der Waals surface area (Å²) in [6.07, 6.45) is -0.488. The molecule has 1 aliphatic heterocycles. The SMILES string of the molecule is Cc1c(F)c(F)c(OC(=O)CCCC(=O)N2Cc3ccccc3C#Cc3ccccc32)c(F)c1F. The number of fused-ring (bicyclic) bond motifs is 2. The Balaban J connectivity index is 1.46. The lowest BCUT2D eigenvalue weighted by Gasteiger charge is -2.26. The molecule has 0 aliphatic carbocycles. The molecule has 1 aliphatic rings. The van der Waals surface area contributed by atoms with E-state index in [4.69, 9.17) is 0 Å². The number of benzene rings is 3. The zero-order chi connectivity index (χ0) is 25.1. The molecule has 35 heavy (non-hydrogen) atoms. The van der Waals surface area contributed by atoms with Crippen molar-refractivity contribution in [2.75, 3.05) is 4.90 Å². The van der Waals surface area contributed by atoms with E-state index < -0.39 is 47.0 Å².